The molecule has 12 heteroatoms. The van der Waals surface area contributed by atoms with Gasteiger partial charge in [0.25, 0.3) is 5.91 Å². The SMILES string of the molecule is Cn1cc(C(=O)Nc2cc(Cl)c(CC(=O)N3C[C@@H](N4CCN(C5CC5)CC4)C[C@H]3COC3CCC(C(=O)O)CC3)cc2Cl)c2ccccc21. The van der Waals surface area contributed by atoms with Crippen molar-refractivity contribution in [2.45, 2.75) is 75.6 Å². The fourth-order valence-electron chi connectivity index (χ4n) is 8.05. The number of aliphatic carboxylic acids is 1. The minimum Gasteiger partial charge on any atom is -0.481 e. The van der Waals surface area contributed by atoms with Crippen LogP contribution >= 0.6 is 23.2 Å². The number of anilines is 1. The van der Waals surface area contributed by atoms with Gasteiger partial charge in [0.1, 0.15) is 0 Å². The fraction of sp³-hybridized carbons (Fsp3) is 0.541. The molecule has 2 aliphatic carbocycles. The first-order valence-electron chi connectivity index (χ1n) is 17.6. The smallest absolute Gasteiger partial charge is 0.306 e. The summed E-state index contributed by atoms with van der Waals surface area (Å²) < 4.78 is 8.29. The predicted octanol–water partition coefficient (Wildman–Crippen LogP) is 5.69. The van der Waals surface area contributed by atoms with Crippen LogP contribution in [0, 0.1) is 5.92 Å². The molecule has 2 saturated carbocycles. The highest BCUT2D eigenvalue weighted by Crippen LogP contribution is 2.34. The summed E-state index contributed by atoms with van der Waals surface area (Å²) in [5.41, 5.74) is 2.47. The van der Waals surface area contributed by atoms with E-state index in [1.54, 1.807) is 18.3 Å². The van der Waals surface area contributed by atoms with Crippen molar-refractivity contribution in [2.75, 3.05) is 44.6 Å². The summed E-state index contributed by atoms with van der Waals surface area (Å²) in [5.74, 6) is -1.35. The molecule has 0 bridgehead atoms. The Labute approximate surface area is 297 Å². The maximum atomic E-state index is 14.0. The molecule has 2 amide bonds. The average Bonchev–Trinajstić information content (AvgIpc) is 3.78. The lowest BCUT2D eigenvalue weighted by atomic mass is 9.87. The summed E-state index contributed by atoms with van der Waals surface area (Å²) in [7, 11) is 1.90. The second kappa shape index (κ2) is 14.6. The number of aromatic nitrogens is 1. The Bertz CT molecular complexity index is 1710. The highest BCUT2D eigenvalue weighted by atomic mass is 35.5. The van der Waals surface area contributed by atoms with E-state index >= 15 is 0 Å². The summed E-state index contributed by atoms with van der Waals surface area (Å²) in [6.07, 6.45) is 8.04. The zero-order valence-electron chi connectivity index (χ0n) is 28.0. The third kappa shape index (κ3) is 7.64. The van der Waals surface area contributed by atoms with E-state index in [4.69, 9.17) is 27.9 Å². The molecule has 2 aromatic carbocycles. The van der Waals surface area contributed by atoms with Crippen LogP contribution in [0.5, 0.6) is 0 Å². The Morgan fingerprint density at radius 3 is 2.31 bits per heavy atom. The molecule has 49 heavy (non-hydrogen) atoms. The molecule has 4 fully saturated rings. The van der Waals surface area contributed by atoms with Crippen molar-refractivity contribution in [3.63, 3.8) is 0 Å². The third-order valence-corrected chi connectivity index (χ3v) is 11.7. The zero-order valence-corrected chi connectivity index (χ0v) is 29.5. The first-order chi connectivity index (χ1) is 23.6. The predicted molar refractivity (Wildman–Crippen MR) is 190 cm³/mol. The molecule has 0 spiro atoms. The number of rotatable bonds is 10. The third-order valence-electron chi connectivity index (χ3n) is 11.1. The minimum absolute atomic E-state index is 0.0126. The molecule has 10 nitrogen and oxygen atoms in total. The van der Waals surface area contributed by atoms with E-state index in [2.05, 4.69) is 15.1 Å². The molecule has 3 heterocycles. The van der Waals surface area contributed by atoms with Crippen LogP contribution in [0.4, 0.5) is 5.69 Å². The van der Waals surface area contributed by atoms with Crippen LogP contribution in [0.25, 0.3) is 10.9 Å². The van der Waals surface area contributed by atoms with Crippen molar-refractivity contribution >= 4 is 57.6 Å². The molecule has 3 aromatic rings. The maximum absolute atomic E-state index is 14.0. The number of halogens is 2. The molecule has 0 radical (unpaired) electrons. The molecule has 2 N–H and O–H groups in total. The highest BCUT2D eigenvalue weighted by Gasteiger charge is 2.41. The number of ether oxygens (including phenoxy) is 1. The number of piperazine rings is 1. The van der Waals surface area contributed by atoms with E-state index in [1.165, 1.54) is 12.8 Å². The second-order valence-electron chi connectivity index (χ2n) is 14.3. The van der Waals surface area contributed by atoms with E-state index < -0.39 is 5.97 Å². The summed E-state index contributed by atoms with van der Waals surface area (Å²) in [6, 6.07) is 11.9. The number of hydrogen-bond donors (Lipinski definition) is 2. The van der Waals surface area contributed by atoms with Crippen LogP contribution in [0.3, 0.4) is 0 Å². The Hall–Kier alpha value is -3.15. The summed E-state index contributed by atoms with van der Waals surface area (Å²) in [6.45, 7) is 5.21. The number of amides is 2. The van der Waals surface area contributed by atoms with Crippen LogP contribution in [0.15, 0.2) is 42.6 Å². The highest BCUT2D eigenvalue weighted by molar-refractivity contribution is 6.36. The van der Waals surface area contributed by atoms with Crippen molar-refractivity contribution < 1.29 is 24.2 Å². The van der Waals surface area contributed by atoms with Gasteiger partial charge >= 0.3 is 5.97 Å². The lowest BCUT2D eigenvalue weighted by Gasteiger charge is -2.38. The Kier molecular flexibility index (Phi) is 10.2. The standard InChI is InChI=1S/C37H45Cl2N5O5/c1-41-21-30(29-4-2-3-5-34(29)41)36(46)40-33-19-31(38)24(16-32(33)39)17-35(45)44-20-26(43-14-12-42(13-15-43)25-8-9-25)18-27(44)22-49-28-10-6-23(7-11-28)37(47)48/h2-5,16,19,21,23,25-28H,6-15,17-18,20,22H2,1H3,(H,40,46)(H,47,48)/t23?,26-,27-,28?/m0/s1. The Balaban J connectivity index is 1.02. The van der Waals surface area contributed by atoms with Crippen LogP contribution in [-0.2, 0) is 27.8 Å². The average molecular weight is 711 g/mol. The summed E-state index contributed by atoms with van der Waals surface area (Å²) >= 11 is 13.4. The van der Waals surface area contributed by atoms with Crippen molar-refractivity contribution in [3.05, 3.63) is 63.8 Å². The summed E-state index contributed by atoms with van der Waals surface area (Å²) in [5, 5.41) is 13.8. The Morgan fingerprint density at radius 2 is 1.61 bits per heavy atom. The fourth-order valence-corrected chi connectivity index (χ4v) is 8.51. The van der Waals surface area contributed by atoms with Crippen LogP contribution < -0.4 is 5.32 Å². The van der Waals surface area contributed by atoms with Crippen LogP contribution in [0.2, 0.25) is 10.0 Å². The molecule has 0 unspecified atom stereocenters. The number of aryl methyl sites for hydroxylation is 1. The largest absolute Gasteiger partial charge is 0.481 e. The van der Waals surface area contributed by atoms with Crippen molar-refractivity contribution in [1.29, 1.82) is 0 Å². The van der Waals surface area contributed by atoms with Gasteiger partial charge in [-0.2, -0.15) is 0 Å². The van der Waals surface area contributed by atoms with E-state index in [1.807, 2.05) is 40.8 Å². The molecule has 2 atom stereocenters. The van der Waals surface area contributed by atoms with Crippen molar-refractivity contribution in [2.24, 2.45) is 13.0 Å². The summed E-state index contributed by atoms with van der Waals surface area (Å²) in [4.78, 5) is 45.8. The van der Waals surface area contributed by atoms with Crippen molar-refractivity contribution in [3.8, 4) is 0 Å². The molecular weight excluding hydrogens is 665 g/mol. The lowest BCUT2D eigenvalue weighted by Crippen LogP contribution is -2.51. The number of nitrogens with zero attached hydrogens (tertiary/aromatic N) is 4. The second-order valence-corrected chi connectivity index (χ2v) is 15.1. The molecule has 7 rings (SSSR count). The number of para-hydroxylation sites is 1. The van der Waals surface area contributed by atoms with E-state index in [-0.39, 0.29) is 42.3 Å². The molecule has 4 aliphatic rings. The lowest BCUT2D eigenvalue weighted by molar-refractivity contribution is -0.144. The number of carbonyl (C=O) groups is 3. The van der Waals surface area contributed by atoms with E-state index in [0.29, 0.717) is 52.9 Å². The van der Waals surface area contributed by atoms with Gasteiger partial charge in [-0.3, -0.25) is 24.2 Å². The molecule has 1 aromatic heterocycles. The number of benzene rings is 2. The maximum Gasteiger partial charge on any atom is 0.306 e. The number of likely N-dealkylation sites (tertiary alicyclic amines) is 1. The van der Waals surface area contributed by atoms with Crippen molar-refractivity contribution in [1.82, 2.24) is 19.3 Å². The molecule has 2 aliphatic heterocycles. The van der Waals surface area contributed by atoms with Gasteiger partial charge in [0.2, 0.25) is 5.91 Å². The number of carboxylic acid groups (broad SMARTS) is 1. The van der Waals surface area contributed by atoms with Gasteiger partial charge in [-0.15, -0.1) is 0 Å². The van der Waals surface area contributed by atoms with Gasteiger partial charge in [-0.25, -0.2) is 0 Å². The van der Waals surface area contributed by atoms with Crippen LogP contribution in [0.1, 0.15) is 60.9 Å². The number of carbonyl (C=O) groups excluding carboxylic acids is 2. The normalized spacial score (nSPS) is 25.2. The van der Waals surface area contributed by atoms with Crippen LogP contribution in [-0.4, -0.2) is 106 Å². The number of fused-ring (bicyclic) bond motifs is 1. The monoisotopic (exact) mass is 709 g/mol. The first kappa shape index (κ1) is 34.3. The topological polar surface area (TPSA) is 107 Å². The van der Waals surface area contributed by atoms with Gasteiger partial charge in [-0.05, 0) is 68.7 Å². The first-order valence-corrected chi connectivity index (χ1v) is 18.4. The number of carboxylic acids is 1. The molecule has 262 valence electrons. The van der Waals surface area contributed by atoms with Gasteiger partial charge in [0.05, 0.1) is 47.4 Å². The molecular formula is C37H45Cl2N5O5. The van der Waals surface area contributed by atoms with E-state index in [9.17, 15) is 19.5 Å². The number of hydrogen-bond acceptors (Lipinski definition) is 6. The quantitative estimate of drug-likeness (QED) is 0.279. The van der Waals surface area contributed by atoms with Gasteiger partial charge in [0, 0.05) is 74.0 Å². The van der Waals surface area contributed by atoms with Gasteiger partial charge in [-0.1, -0.05) is 41.4 Å². The number of nitrogens with one attached hydrogen (secondary N) is 1. The van der Waals surface area contributed by atoms with Gasteiger partial charge < -0.3 is 24.6 Å². The minimum atomic E-state index is -0.727. The molecule has 2 saturated heterocycles. The Morgan fingerprint density at radius 1 is 0.918 bits per heavy atom. The van der Waals surface area contributed by atoms with Gasteiger partial charge in [0.15, 0.2) is 0 Å². The zero-order chi connectivity index (χ0) is 34.2. The van der Waals surface area contributed by atoms with E-state index in [0.717, 1.165) is 62.4 Å².